The SMILES string of the molecule is CCCn1c(C)cc(/C=C(\C#N)C(=O)OCC(=O)N2c3ccccc3NC(=O)C2(C)C)c1C. The minimum atomic E-state index is -1.18. The molecule has 1 aromatic heterocycles. The number of esters is 1. The molecule has 0 aliphatic carbocycles. The van der Waals surface area contributed by atoms with Crippen molar-refractivity contribution in [3.8, 4) is 6.07 Å². The van der Waals surface area contributed by atoms with Gasteiger partial charge in [0, 0.05) is 17.9 Å². The number of hydrogen-bond acceptors (Lipinski definition) is 5. The number of nitrogens with zero attached hydrogens (tertiary/aromatic N) is 3. The minimum Gasteiger partial charge on any atom is -0.451 e. The number of anilines is 2. The number of carbonyl (C=O) groups excluding carboxylic acids is 3. The molecule has 0 bridgehead atoms. The van der Waals surface area contributed by atoms with Gasteiger partial charge in [-0.15, -0.1) is 0 Å². The Labute approximate surface area is 193 Å². The maximum Gasteiger partial charge on any atom is 0.349 e. The van der Waals surface area contributed by atoms with Crippen molar-refractivity contribution >= 4 is 35.2 Å². The van der Waals surface area contributed by atoms with Crippen molar-refractivity contribution in [3.63, 3.8) is 0 Å². The van der Waals surface area contributed by atoms with Gasteiger partial charge < -0.3 is 14.6 Å². The lowest BCUT2D eigenvalue weighted by atomic mass is 9.96. The summed E-state index contributed by atoms with van der Waals surface area (Å²) in [5.41, 5.74) is 2.38. The van der Waals surface area contributed by atoms with Gasteiger partial charge in [-0.25, -0.2) is 4.79 Å². The summed E-state index contributed by atoms with van der Waals surface area (Å²) in [5.74, 6) is -1.80. The number of ether oxygens (including phenoxy) is 1. The average Bonchev–Trinajstić information content (AvgIpc) is 3.04. The molecule has 1 aromatic carbocycles. The number of rotatable bonds is 6. The lowest BCUT2D eigenvalue weighted by molar-refractivity contribution is -0.144. The molecule has 1 aliphatic rings. The van der Waals surface area contributed by atoms with Crippen molar-refractivity contribution in [1.29, 1.82) is 5.26 Å². The van der Waals surface area contributed by atoms with E-state index in [1.807, 2.05) is 26.0 Å². The van der Waals surface area contributed by atoms with Crippen LogP contribution in [0.4, 0.5) is 11.4 Å². The predicted molar refractivity (Wildman–Crippen MR) is 125 cm³/mol. The zero-order valence-corrected chi connectivity index (χ0v) is 19.6. The number of aromatic nitrogens is 1. The lowest BCUT2D eigenvalue weighted by Crippen LogP contribution is -2.59. The molecule has 0 unspecified atom stereocenters. The van der Waals surface area contributed by atoms with Crippen molar-refractivity contribution in [3.05, 3.63) is 52.9 Å². The van der Waals surface area contributed by atoms with Crippen LogP contribution >= 0.6 is 0 Å². The molecule has 8 nitrogen and oxygen atoms in total. The molecule has 1 N–H and O–H groups in total. The number of amides is 2. The Morgan fingerprint density at radius 1 is 1.24 bits per heavy atom. The molecule has 1 aliphatic heterocycles. The molecule has 172 valence electrons. The van der Waals surface area contributed by atoms with Crippen LogP contribution in [0.15, 0.2) is 35.9 Å². The highest BCUT2D eigenvalue weighted by atomic mass is 16.5. The van der Waals surface area contributed by atoms with E-state index in [1.54, 1.807) is 38.1 Å². The van der Waals surface area contributed by atoms with Gasteiger partial charge in [0.2, 0.25) is 5.91 Å². The third kappa shape index (κ3) is 4.53. The van der Waals surface area contributed by atoms with Crippen molar-refractivity contribution in [2.75, 3.05) is 16.8 Å². The number of para-hydroxylation sites is 2. The number of carbonyl (C=O) groups is 3. The van der Waals surface area contributed by atoms with Gasteiger partial charge in [0.15, 0.2) is 6.61 Å². The normalized spacial score (nSPS) is 14.8. The second-order valence-corrected chi connectivity index (χ2v) is 8.48. The molecule has 8 heteroatoms. The first-order chi connectivity index (χ1) is 15.6. The highest BCUT2D eigenvalue weighted by Gasteiger charge is 2.43. The molecule has 0 saturated heterocycles. The van der Waals surface area contributed by atoms with E-state index in [0.29, 0.717) is 11.4 Å². The van der Waals surface area contributed by atoms with Crippen molar-refractivity contribution in [2.45, 2.75) is 53.1 Å². The first kappa shape index (κ1) is 23.8. The molecular formula is C25H28N4O4. The second-order valence-electron chi connectivity index (χ2n) is 8.48. The summed E-state index contributed by atoms with van der Waals surface area (Å²) in [7, 11) is 0. The van der Waals surface area contributed by atoms with E-state index in [2.05, 4.69) is 16.8 Å². The minimum absolute atomic E-state index is 0.199. The Balaban J connectivity index is 1.79. The average molecular weight is 449 g/mol. The summed E-state index contributed by atoms with van der Waals surface area (Å²) < 4.78 is 7.31. The van der Waals surface area contributed by atoms with E-state index in [4.69, 9.17) is 4.74 Å². The number of fused-ring (bicyclic) bond motifs is 1. The first-order valence-electron chi connectivity index (χ1n) is 10.8. The highest BCUT2D eigenvalue weighted by molar-refractivity contribution is 6.14. The fourth-order valence-electron chi connectivity index (χ4n) is 4.00. The van der Waals surface area contributed by atoms with Gasteiger partial charge in [-0.05, 0) is 64.0 Å². The fourth-order valence-corrected chi connectivity index (χ4v) is 4.00. The van der Waals surface area contributed by atoms with Crippen LogP contribution in [0, 0.1) is 25.2 Å². The van der Waals surface area contributed by atoms with Crippen molar-refractivity contribution < 1.29 is 19.1 Å². The molecule has 2 amide bonds. The number of nitrogens with one attached hydrogen (secondary N) is 1. The zero-order valence-electron chi connectivity index (χ0n) is 19.6. The van der Waals surface area contributed by atoms with Gasteiger partial charge in [-0.1, -0.05) is 19.1 Å². The Bertz CT molecular complexity index is 1180. The number of hydrogen-bond donors (Lipinski definition) is 1. The number of benzene rings is 1. The van der Waals surface area contributed by atoms with Crippen LogP contribution in [0.3, 0.4) is 0 Å². The molecule has 0 fully saturated rings. The number of aryl methyl sites for hydroxylation is 1. The summed E-state index contributed by atoms with van der Waals surface area (Å²) in [6.45, 7) is 9.45. The van der Waals surface area contributed by atoms with E-state index < -0.39 is 24.0 Å². The standard InChI is InChI=1S/C25H28N4O4/c1-6-11-28-16(2)12-18(17(28)3)13-19(14-26)23(31)33-15-22(30)29-21-10-8-7-9-20(21)27-24(32)25(29,4)5/h7-10,12-13H,6,11,15H2,1-5H3,(H,27,32)/b19-13+. The Hall–Kier alpha value is -3.86. The van der Waals surface area contributed by atoms with E-state index in [0.717, 1.165) is 29.9 Å². The smallest absolute Gasteiger partial charge is 0.349 e. The van der Waals surface area contributed by atoms with E-state index in [9.17, 15) is 19.6 Å². The third-order valence-corrected chi connectivity index (χ3v) is 5.78. The van der Waals surface area contributed by atoms with Gasteiger partial charge in [-0.2, -0.15) is 5.26 Å². The number of nitriles is 1. The summed E-state index contributed by atoms with van der Waals surface area (Å²) >= 11 is 0. The molecule has 33 heavy (non-hydrogen) atoms. The zero-order chi connectivity index (χ0) is 24.3. The predicted octanol–water partition coefficient (Wildman–Crippen LogP) is 3.73. The summed E-state index contributed by atoms with van der Waals surface area (Å²) in [4.78, 5) is 39.5. The van der Waals surface area contributed by atoms with Gasteiger partial charge in [0.25, 0.3) is 5.91 Å². The molecule has 0 atom stereocenters. The highest BCUT2D eigenvalue weighted by Crippen LogP contribution is 2.36. The van der Waals surface area contributed by atoms with Crippen LogP contribution in [0.1, 0.15) is 44.1 Å². The quantitative estimate of drug-likeness (QED) is 0.412. The van der Waals surface area contributed by atoms with E-state index in [-0.39, 0.29) is 11.5 Å². The van der Waals surface area contributed by atoms with Crippen LogP contribution in [0.5, 0.6) is 0 Å². The third-order valence-electron chi connectivity index (χ3n) is 5.78. The lowest BCUT2D eigenvalue weighted by Gasteiger charge is -2.41. The second kappa shape index (κ2) is 9.33. The van der Waals surface area contributed by atoms with E-state index >= 15 is 0 Å². The topological polar surface area (TPSA) is 104 Å². The summed E-state index contributed by atoms with van der Waals surface area (Å²) in [5, 5.41) is 12.3. The summed E-state index contributed by atoms with van der Waals surface area (Å²) in [6.07, 6.45) is 2.44. The van der Waals surface area contributed by atoms with Gasteiger partial charge in [0.05, 0.1) is 11.4 Å². The van der Waals surface area contributed by atoms with Crippen LogP contribution in [0.25, 0.3) is 6.08 Å². The molecule has 0 radical (unpaired) electrons. The molecule has 0 spiro atoms. The van der Waals surface area contributed by atoms with E-state index in [1.165, 1.54) is 11.0 Å². The largest absolute Gasteiger partial charge is 0.451 e. The van der Waals surface area contributed by atoms with Crippen LogP contribution < -0.4 is 10.2 Å². The van der Waals surface area contributed by atoms with Crippen LogP contribution in [-0.2, 0) is 25.7 Å². The van der Waals surface area contributed by atoms with Crippen molar-refractivity contribution in [1.82, 2.24) is 4.57 Å². The van der Waals surface area contributed by atoms with Crippen LogP contribution in [-0.4, -0.2) is 34.5 Å². The maximum absolute atomic E-state index is 13.0. The molecule has 2 aromatic rings. The Morgan fingerprint density at radius 3 is 2.61 bits per heavy atom. The molecule has 0 saturated carbocycles. The maximum atomic E-state index is 13.0. The van der Waals surface area contributed by atoms with Crippen molar-refractivity contribution in [2.24, 2.45) is 0 Å². The Kier molecular flexibility index (Phi) is 6.73. The monoisotopic (exact) mass is 448 g/mol. The first-order valence-corrected chi connectivity index (χ1v) is 10.8. The molecular weight excluding hydrogens is 420 g/mol. The van der Waals surface area contributed by atoms with Gasteiger partial charge in [0.1, 0.15) is 17.2 Å². The van der Waals surface area contributed by atoms with Gasteiger partial charge >= 0.3 is 5.97 Å². The fraction of sp³-hybridized carbons (Fsp3) is 0.360. The summed E-state index contributed by atoms with van der Waals surface area (Å²) in [6, 6.07) is 10.7. The van der Waals surface area contributed by atoms with Crippen LogP contribution in [0.2, 0.25) is 0 Å². The molecule has 3 rings (SSSR count). The molecule has 2 heterocycles. The Morgan fingerprint density at radius 2 is 1.94 bits per heavy atom. The van der Waals surface area contributed by atoms with Gasteiger partial charge in [-0.3, -0.25) is 14.5 Å².